The zero-order valence-corrected chi connectivity index (χ0v) is 7.25. The zero-order chi connectivity index (χ0) is 9.05. The molecule has 0 aromatic heterocycles. The molecule has 0 bridgehead atoms. The van der Waals surface area contributed by atoms with E-state index in [1.807, 2.05) is 6.08 Å². The van der Waals surface area contributed by atoms with Gasteiger partial charge in [-0.15, -0.1) is 0 Å². The van der Waals surface area contributed by atoms with Crippen LogP contribution in [0.15, 0.2) is 23.8 Å². The lowest BCUT2D eigenvalue weighted by molar-refractivity contribution is -0.125. The first-order chi connectivity index (χ1) is 6.23. The van der Waals surface area contributed by atoms with E-state index in [1.54, 1.807) is 12.2 Å². The minimum Gasteiger partial charge on any atom is -0.295 e. The van der Waals surface area contributed by atoms with Gasteiger partial charge in [0.05, 0.1) is 5.41 Å². The fourth-order valence-corrected chi connectivity index (χ4v) is 3.03. The first-order valence-corrected chi connectivity index (χ1v) is 4.70. The van der Waals surface area contributed by atoms with Gasteiger partial charge in [-0.1, -0.05) is 11.6 Å². The predicted octanol–water partition coefficient (Wildman–Crippen LogP) is 1.42. The highest BCUT2D eigenvalue weighted by Gasteiger charge is 2.56. The van der Waals surface area contributed by atoms with E-state index in [0.29, 0.717) is 12.3 Å². The average Bonchev–Trinajstić information content (AvgIpc) is 2.63. The van der Waals surface area contributed by atoms with Crippen LogP contribution in [0.5, 0.6) is 0 Å². The Bertz CT molecular complexity index is 376. The number of ketones is 2. The molecule has 0 amide bonds. The Kier molecular flexibility index (Phi) is 1.12. The lowest BCUT2D eigenvalue weighted by Crippen LogP contribution is -2.29. The van der Waals surface area contributed by atoms with Crippen LogP contribution >= 0.6 is 0 Å². The smallest absolute Gasteiger partial charge is 0.166 e. The molecule has 0 unspecified atom stereocenters. The average molecular weight is 174 g/mol. The molecule has 3 aliphatic carbocycles. The normalized spacial score (nSPS) is 40.9. The maximum Gasteiger partial charge on any atom is 0.166 e. The number of rotatable bonds is 0. The van der Waals surface area contributed by atoms with Crippen LogP contribution in [0.3, 0.4) is 0 Å². The Morgan fingerprint density at radius 3 is 3.08 bits per heavy atom. The Balaban J connectivity index is 2.18. The van der Waals surface area contributed by atoms with Gasteiger partial charge in [-0.3, -0.25) is 9.59 Å². The summed E-state index contributed by atoms with van der Waals surface area (Å²) in [4.78, 5) is 23.0. The van der Waals surface area contributed by atoms with Gasteiger partial charge >= 0.3 is 0 Å². The number of carbonyl (C=O) groups excluding carboxylic acids is 2. The summed E-state index contributed by atoms with van der Waals surface area (Å²) in [5.74, 6) is 0.613. The van der Waals surface area contributed by atoms with Gasteiger partial charge in [0.25, 0.3) is 0 Å². The van der Waals surface area contributed by atoms with Crippen molar-refractivity contribution in [1.82, 2.24) is 0 Å². The highest BCUT2D eigenvalue weighted by Crippen LogP contribution is 2.57. The summed E-state index contributed by atoms with van der Waals surface area (Å²) in [6.07, 6.45) is 7.76. The molecular weight excluding hydrogens is 164 g/mol. The van der Waals surface area contributed by atoms with Crippen molar-refractivity contribution in [3.63, 3.8) is 0 Å². The van der Waals surface area contributed by atoms with E-state index >= 15 is 0 Å². The standard InChI is InChI=1S/C11H10O2/c12-9-5-8-2-1-7-3-4-10(13)11(7,8)6-9/h3-5,7H,1-2,6H2/t7-,11+/m0/s1. The first kappa shape index (κ1) is 7.25. The van der Waals surface area contributed by atoms with Gasteiger partial charge < -0.3 is 0 Å². The molecule has 0 radical (unpaired) electrons. The van der Waals surface area contributed by atoms with Crippen molar-refractivity contribution in [3.05, 3.63) is 23.8 Å². The summed E-state index contributed by atoms with van der Waals surface area (Å²) in [7, 11) is 0. The quantitative estimate of drug-likeness (QED) is 0.556. The van der Waals surface area contributed by atoms with E-state index in [9.17, 15) is 9.59 Å². The van der Waals surface area contributed by atoms with E-state index in [2.05, 4.69) is 0 Å². The van der Waals surface area contributed by atoms with Crippen molar-refractivity contribution in [2.24, 2.45) is 11.3 Å². The summed E-state index contributed by atoms with van der Waals surface area (Å²) in [5.41, 5.74) is 0.703. The van der Waals surface area contributed by atoms with Gasteiger partial charge in [0.1, 0.15) is 0 Å². The van der Waals surface area contributed by atoms with Gasteiger partial charge in [0.2, 0.25) is 0 Å². The minimum absolute atomic E-state index is 0.136. The lowest BCUT2D eigenvalue weighted by Gasteiger charge is -2.23. The summed E-state index contributed by atoms with van der Waals surface area (Å²) in [6.45, 7) is 0. The molecule has 3 aliphatic rings. The van der Waals surface area contributed by atoms with Crippen molar-refractivity contribution < 1.29 is 9.59 Å². The van der Waals surface area contributed by atoms with Crippen LogP contribution in [0, 0.1) is 11.3 Å². The molecular formula is C11H10O2. The predicted molar refractivity (Wildman–Crippen MR) is 47.0 cm³/mol. The number of hydrogen-bond donors (Lipinski definition) is 0. The van der Waals surface area contributed by atoms with Gasteiger partial charge in [-0.2, -0.15) is 0 Å². The molecule has 0 aromatic rings. The van der Waals surface area contributed by atoms with E-state index in [1.165, 1.54) is 0 Å². The first-order valence-electron chi connectivity index (χ1n) is 4.70. The Morgan fingerprint density at radius 1 is 1.38 bits per heavy atom. The third kappa shape index (κ3) is 0.656. The van der Waals surface area contributed by atoms with Crippen LogP contribution in [0.2, 0.25) is 0 Å². The molecule has 2 nitrogen and oxygen atoms in total. The van der Waals surface area contributed by atoms with Gasteiger partial charge in [-0.25, -0.2) is 0 Å². The van der Waals surface area contributed by atoms with Crippen LogP contribution in [-0.2, 0) is 9.59 Å². The SMILES string of the molecule is O=C1C=C2CC[C@H]3C=CC(=O)[C@@]23C1. The summed E-state index contributed by atoms with van der Waals surface area (Å²) in [5, 5.41) is 0. The molecule has 2 atom stereocenters. The van der Waals surface area contributed by atoms with E-state index in [0.717, 1.165) is 18.4 Å². The topological polar surface area (TPSA) is 34.1 Å². The Morgan fingerprint density at radius 2 is 2.23 bits per heavy atom. The molecule has 1 spiro atoms. The van der Waals surface area contributed by atoms with Gasteiger partial charge in [-0.05, 0) is 30.9 Å². The van der Waals surface area contributed by atoms with Crippen LogP contribution < -0.4 is 0 Å². The molecule has 3 rings (SSSR count). The van der Waals surface area contributed by atoms with Crippen molar-refractivity contribution in [1.29, 1.82) is 0 Å². The highest BCUT2D eigenvalue weighted by atomic mass is 16.1. The largest absolute Gasteiger partial charge is 0.295 e. The highest BCUT2D eigenvalue weighted by molar-refractivity contribution is 6.09. The van der Waals surface area contributed by atoms with Crippen molar-refractivity contribution in [2.45, 2.75) is 19.3 Å². The second-order valence-electron chi connectivity index (χ2n) is 4.15. The van der Waals surface area contributed by atoms with Crippen molar-refractivity contribution in [3.8, 4) is 0 Å². The second-order valence-corrected chi connectivity index (χ2v) is 4.15. The lowest BCUT2D eigenvalue weighted by atomic mass is 9.76. The third-order valence-corrected chi connectivity index (χ3v) is 3.64. The van der Waals surface area contributed by atoms with Crippen molar-refractivity contribution in [2.75, 3.05) is 0 Å². The minimum atomic E-state index is -0.392. The molecule has 1 fully saturated rings. The molecule has 0 heterocycles. The maximum atomic E-state index is 11.7. The number of allylic oxidation sites excluding steroid dienone is 4. The Hall–Kier alpha value is -1.18. The maximum absolute atomic E-state index is 11.7. The van der Waals surface area contributed by atoms with Crippen molar-refractivity contribution >= 4 is 11.6 Å². The Labute approximate surface area is 76.3 Å². The van der Waals surface area contributed by atoms with Crippen LogP contribution in [0.25, 0.3) is 0 Å². The van der Waals surface area contributed by atoms with Crippen LogP contribution in [0.4, 0.5) is 0 Å². The fraction of sp³-hybridized carbons (Fsp3) is 0.455. The molecule has 1 saturated carbocycles. The molecule has 0 aliphatic heterocycles. The number of hydrogen-bond acceptors (Lipinski definition) is 2. The van der Waals surface area contributed by atoms with E-state index in [4.69, 9.17) is 0 Å². The molecule has 66 valence electrons. The second kappa shape index (κ2) is 2.00. The monoisotopic (exact) mass is 174 g/mol. The summed E-state index contributed by atoms with van der Waals surface area (Å²) >= 11 is 0. The third-order valence-electron chi connectivity index (χ3n) is 3.64. The molecule has 0 N–H and O–H groups in total. The molecule has 0 saturated heterocycles. The molecule has 2 heteroatoms. The summed E-state index contributed by atoms with van der Waals surface area (Å²) < 4.78 is 0. The van der Waals surface area contributed by atoms with Crippen LogP contribution in [-0.4, -0.2) is 11.6 Å². The molecule has 0 aromatic carbocycles. The fourth-order valence-electron chi connectivity index (χ4n) is 3.03. The van der Waals surface area contributed by atoms with Gasteiger partial charge in [0.15, 0.2) is 11.6 Å². The number of carbonyl (C=O) groups is 2. The summed E-state index contributed by atoms with van der Waals surface area (Å²) in [6, 6.07) is 0. The molecule has 13 heavy (non-hydrogen) atoms. The van der Waals surface area contributed by atoms with Gasteiger partial charge in [0, 0.05) is 6.42 Å². The van der Waals surface area contributed by atoms with Crippen LogP contribution in [0.1, 0.15) is 19.3 Å². The zero-order valence-electron chi connectivity index (χ0n) is 7.25. The van der Waals surface area contributed by atoms with E-state index < -0.39 is 5.41 Å². The van der Waals surface area contributed by atoms with E-state index in [-0.39, 0.29) is 11.6 Å².